The number of rotatable bonds is 2. The Labute approximate surface area is 157 Å². The van der Waals surface area contributed by atoms with Crippen LogP contribution in [0.3, 0.4) is 0 Å². The minimum absolute atomic E-state index is 0.279. The molecule has 2 heterocycles. The van der Waals surface area contributed by atoms with Crippen LogP contribution in [0.2, 0.25) is 0 Å². The third-order valence-corrected chi connectivity index (χ3v) is 5.93. The Morgan fingerprint density at radius 2 is 2.04 bits per heavy atom. The maximum atomic E-state index is 10.1. The fourth-order valence-corrected chi connectivity index (χ4v) is 4.64. The van der Waals surface area contributed by atoms with E-state index >= 15 is 0 Å². The summed E-state index contributed by atoms with van der Waals surface area (Å²) in [7, 11) is 0. The number of phenols is 1. The van der Waals surface area contributed by atoms with E-state index in [9.17, 15) is 5.11 Å². The van der Waals surface area contributed by atoms with E-state index in [1.165, 1.54) is 28.0 Å². The minimum Gasteiger partial charge on any atom is -0.508 e. The molecular weight excluding hydrogens is 376 g/mol. The zero-order chi connectivity index (χ0) is 17.4. The molecule has 1 aromatic heterocycles. The number of hydrogen-bond donors (Lipinski definition) is 2. The summed E-state index contributed by atoms with van der Waals surface area (Å²) in [5.74, 6) is 1.19. The molecule has 3 nitrogen and oxygen atoms in total. The van der Waals surface area contributed by atoms with Gasteiger partial charge in [-0.1, -0.05) is 13.0 Å². The SMILES string of the molecule is CCC1=Cc2cc(Br)cnc2C(C2CCNCC2)c2ccc(O)cc21. The second kappa shape index (κ2) is 6.93. The summed E-state index contributed by atoms with van der Waals surface area (Å²) in [6.07, 6.45) is 7.42. The van der Waals surface area contributed by atoms with Gasteiger partial charge < -0.3 is 10.4 Å². The molecule has 130 valence electrons. The summed E-state index contributed by atoms with van der Waals surface area (Å²) in [6, 6.07) is 8.04. The number of fused-ring (bicyclic) bond motifs is 2. The molecule has 4 heteroatoms. The second-order valence-electron chi connectivity index (χ2n) is 6.99. The molecule has 25 heavy (non-hydrogen) atoms. The molecule has 0 bridgehead atoms. The normalized spacial score (nSPS) is 20.4. The Hall–Kier alpha value is -1.65. The summed E-state index contributed by atoms with van der Waals surface area (Å²) in [4.78, 5) is 4.85. The van der Waals surface area contributed by atoms with E-state index in [2.05, 4.69) is 46.4 Å². The molecule has 0 radical (unpaired) electrons. The number of pyridine rings is 1. The van der Waals surface area contributed by atoms with E-state index in [4.69, 9.17) is 4.98 Å². The van der Waals surface area contributed by atoms with Crippen LogP contribution in [0.1, 0.15) is 54.5 Å². The number of piperidine rings is 1. The molecule has 1 aliphatic carbocycles. The lowest BCUT2D eigenvalue weighted by molar-refractivity contribution is 0.338. The van der Waals surface area contributed by atoms with Gasteiger partial charge in [0.2, 0.25) is 0 Å². The molecule has 4 rings (SSSR count). The Bertz CT molecular complexity index is 825. The van der Waals surface area contributed by atoms with Crippen molar-refractivity contribution in [2.45, 2.75) is 32.1 Å². The summed E-state index contributed by atoms with van der Waals surface area (Å²) in [5, 5.41) is 13.6. The highest BCUT2D eigenvalue weighted by Gasteiger charge is 2.32. The number of hydrogen-bond acceptors (Lipinski definition) is 3. The predicted octanol–water partition coefficient (Wildman–Crippen LogP) is 4.95. The first-order chi connectivity index (χ1) is 12.2. The number of allylic oxidation sites excluding steroid dienone is 1. The molecular formula is C21H23BrN2O. The first kappa shape index (κ1) is 16.8. The molecule has 0 saturated carbocycles. The van der Waals surface area contributed by atoms with Crippen LogP contribution in [0.4, 0.5) is 0 Å². The van der Waals surface area contributed by atoms with Crippen molar-refractivity contribution in [3.8, 4) is 5.75 Å². The van der Waals surface area contributed by atoms with E-state index in [1.807, 2.05) is 18.3 Å². The van der Waals surface area contributed by atoms with Crippen LogP contribution in [0.25, 0.3) is 11.6 Å². The maximum absolute atomic E-state index is 10.1. The molecule has 2 N–H and O–H groups in total. The molecule has 1 atom stereocenters. The first-order valence-corrected chi connectivity index (χ1v) is 9.86. The van der Waals surface area contributed by atoms with Gasteiger partial charge in [0, 0.05) is 16.6 Å². The third kappa shape index (κ3) is 3.13. The van der Waals surface area contributed by atoms with Crippen molar-refractivity contribution in [1.29, 1.82) is 0 Å². The van der Waals surface area contributed by atoms with Crippen molar-refractivity contribution in [1.82, 2.24) is 10.3 Å². The van der Waals surface area contributed by atoms with E-state index in [0.717, 1.165) is 36.8 Å². The molecule has 2 aromatic rings. The van der Waals surface area contributed by atoms with Gasteiger partial charge in [0.05, 0.1) is 5.69 Å². The zero-order valence-electron chi connectivity index (χ0n) is 14.4. The van der Waals surface area contributed by atoms with Crippen molar-refractivity contribution < 1.29 is 5.11 Å². The van der Waals surface area contributed by atoms with E-state index in [0.29, 0.717) is 11.7 Å². The fourth-order valence-electron chi connectivity index (χ4n) is 4.29. The van der Waals surface area contributed by atoms with Crippen LogP contribution in [-0.2, 0) is 0 Å². The lowest BCUT2D eigenvalue weighted by atomic mass is 9.76. The smallest absolute Gasteiger partial charge is 0.116 e. The molecule has 0 spiro atoms. The number of halogens is 1. The van der Waals surface area contributed by atoms with Gasteiger partial charge in [-0.15, -0.1) is 0 Å². The monoisotopic (exact) mass is 398 g/mol. The molecule has 1 aromatic carbocycles. The topological polar surface area (TPSA) is 45.2 Å². The zero-order valence-corrected chi connectivity index (χ0v) is 16.0. The highest BCUT2D eigenvalue weighted by Crippen LogP contribution is 2.45. The first-order valence-electron chi connectivity index (χ1n) is 9.07. The number of phenolic OH excluding ortho intramolecular Hbond substituents is 1. The molecule has 1 unspecified atom stereocenters. The van der Waals surface area contributed by atoms with Crippen LogP contribution < -0.4 is 5.32 Å². The van der Waals surface area contributed by atoms with Crippen LogP contribution in [-0.4, -0.2) is 23.2 Å². The van der Waals surface area contributed by atoms with Crippen LogP contribution >= 0.6 is 15.9 Å². The summed E-state index contributed by atoms with van der Waals surface area (Å²) >= 11 is 3.58. The molecule has 1 saturated heterocycles. The molecule has 2 aliphatic rings. The molecule has 1 aliphatic heterocycles. The average molecular weight is 399 g/mol. The second-order valence-corrected chi connectivity index (χ2v) is 7.90. The molecule has 1 fully saturated rings. The van der Waals surface area contributed by atoms with Crippen molar-refractivity contribution >= 4 is 27.6 Å². The molecule has 0 amide bonds. The van der Waals surface area contributed by atoms with Crippen molar-refractivity contribution in [3.05, 3.63) is 57.3 Å². The number of aromatic hydroxyl groups is 1. The largest absolute Gasteiger partial charge is 0.508 e. The Kier molecular flexibility index (Phi) is 4.65. The Balaban J connectivity index is 1.95. The third-order valence-electron chi connectivity index (χ3n) is 5.49. The minimum atomic E-state index is 0.279. The standard InChI is InChI=1S/C21H23BrN2O/c1-2-13-9-15-10-16(22)12-24-21(15)20(14-5-7-23-8-6-14)18-4-3-17(25)11-19(13)18/h3-4,9-12,14,20,23,25H,2,5-8H2,1H3. The average Bonchev–Trinajstić information content (AvgIpc) is 2.76. The highest BCUT2D eigenvalue weighted by molar-refractivity contribution is 9.10. The van der Waals surface area contributed by atoms with Gasteiger partial charge in [0.15, 0.2) is 0 Å². The van der Waals surface area contributed by atoms with Gasteiger partial charge in [-0.3, -0.25) is 4.98 Å². The summed E-state index contributed by atoms with van der Waals surface area (Å²) < 4.78 is 1.01. The lowest BCUT2D eigenvalue weighted by Crippen LogP contribution is -2.32. The van der Waals surface area contributed by atoms with Gasteiger partial charge in [-0.25, -0.2) is 0 Å². The van der Waals surface area contributed by atoms with Crippen molar-refractivity contribution in [2.24, 2.45) is 5.92 Å². The number of nitrogens with zero attached hydrogens (tertiary/aromatic N) is 1. The van der Waals surface area contributed by atoms with Gasteiger partial charge in [-0.2, -0.15) is 0 Å². The highest BCUT2D eigenvalue weighted by atomic mass is 79.9. The van der Waals surface area contributed by atoms with Crippen LogP contribution in [0, 0.1) is 5.92 Å². The van der Waals surface area contributed by atoms with Crippen molar-refractivity contribution in [2.75, 3.05) is 13.1 Å². The van der Waals surface area contributed by atoms with E-state index in [1.54, 1.807) is 0 Å². The van der Waals surface area contributed by atoms with Gasteiger partial charge in [0.25, 0.3) is 0 Å². The summed E-state index contributed by atoms with van der Waals surface area (Å²) in [6.45, 7) is 4.30. The quantitative estimate of drug-likeness (QED) is 0.752. The lowest BCUT2D eigenvalue weighted by Gasteiger charge is -2.32. The van der Waals surface area contributed by atoms with Gasteiger partial charge >= 0.3 is 0 Å². The van der Waals surface area contributed by atoms with E-state index < -0.39 is 0 Å². The number of aromatic nitrogens is 1. The van der Waals surface area contributed by atoms with Gasteiger partial charge in [-0.05, 0) is 101 Å². The van der Waals surface area contributed by atoms with Gasteiger partial charge in [0.1, 0.15) is 5.75 Å². The van der Waals surface area contributed by atoms with E-state index in [-0.39, 0.29) is 5.92 Å². The van der Waals surface area contributed by atoms with Crippen LogP contribution in [0.15, 0.2) is 34.9 Å². The Morgan fingerprint density at radius 1 is 1.24 bits per heavy atom. The predicted molar refractivity (Wildman–Crippen MR) is 106 cm³/mol. The Morgan fingerprint density at radius 3 is 2.80 bits per heavy atom. The number of nitrogens with one attached hydrogen (secondary N) is 1. The fraction of sp³-hybridized carbons (Fsp3) is 0.381. The summed E-state index contributed by atoms with van der Waals surface area (Å²) in [5.41, 5.74) is 6.13. The number of benzene rings is 1. The maximum Gasteiger partial charge on any atom is 0.116 e. The van der Waals surface area contributed by atoms with Crippen molar-refractivity contribution in [3.63, 3.8) is 0 Å². The van der Waals surface area contributed by atoms with Crippen LogP contribution in [0.5, 0.6) is 5.75 Å².